The molecule has 264 valence electrons. The van der Waals surface area contributed by atoms with E-state index in [1.54, 1.807) is 4.90 Å². The molecule has 0 unspecified atom stereocenters. The van der Waals surface area contributed by atoms with E-state index >= 15 is 0 Å². The monoisotopic (exact) mass is 690 g/mol. The van der Waals surface area contributed by atoms with Crippen LogP contribution in [0, 0.1) is 6.92 Å². The Kier molecular flexibility index (Phi) is 10.8. The first-order chi connectivity index (χ1) is 24.7. The number of para-hydroxylation sites is 1. The fourth-order valence-corrected chi connectivity index (χ4v) is 6.48. The second-order valence-electron chi connectivity index (χ2n) is 12.6. The summed E-state index contributed by atoms with van der Waals surface area (Å²) in [5.74, 6) is -0.164. The number of nitrogens with one attached hydrogen (secondary N) is 1. The van der Waals surface area contributed by atoms with E-state index in [9.17, 15) is 19.2 Å². The number of carbonyl (C=O) groups is 3. The van der Waals surface area contributed by atoms with Gasteiger partial charge in [-0.1, -0.05) is 66.2 Å². The molecule has 51 heavy (non-hydrogen) atoms. The zero-order valence-corrected chi connectivity index (χ0v) is 29.1. The number of amides is 3. The summed E-state index contributed by atoms with van der Waals surface area (Å²) >= 11 is 0. The van der Waals surface area contributed by atoms with E-state index < -0.39 is 11.3 Å². The molecule has 1 N–H and O–H groups in total. The fourth-order valence-electron chi connectivity index (χ4n) is 6.48. The molecule has 5 aromatic rings. The van der Waals surface area contributed by atoms with E-state index in [0.29, 0.717) is 50.6 Å². The lowest BCUT2D eigenvalue weighted by atomic mass is 10.1. The van der Waals surface area contributed by atoms with Crippen molar-refractivity contribution in [2.75, 3.05) is 58.4 Å². The number of likely N-dealkylation sites (tertiary alicyclic amines) is 1. The fraction of sp³-hybridized carbons (Fsp3) is 0.300. The minimum absolute atomic E-state index is 0.173. The zero-order valence-electron chi connectivity index (χ0n) is 29.1. The van der Waals surface area contributed by atoms with Gasteiger partial charge < -0.3 is 33.9 Å². The lowest BCUT2D eigenvalue weighted by Crippen LogP contribution is -2.51. The van der Waals surface area contributed by atoms with Crippen LogP contribution in [0.5, 0.6) is 11.5 Å². The molecule has 0 aliphatic carbocycles. The van der Waals surface area contributed by atoms with Gasteiger partial charge >= 0.3 is 0 Å². The number of anilines is 1. The second kappa shape index (κ2) is 15.8. The number of ether oxygens (including phenoxy) is 2. The van der Waals surface area contributed by atoms with Gasteiger partial charge in [-0.05, 0) is 41.8 Å². The number of methoxy groups -OCH3 is 2. The largest absolute Gasteiger partial charge is 0.493 e. The summed E-state index contributed by atoms with van der Waals surface area (Å²) < 4.78 is 16.1. The quantitative estimate of drug-likeness (QED) is 0.237. The highest BCUT2D eigenvalue weighted by atomic mass is 16.5. The van der Waals surface area contributed by atoms with Crippen LogP contribution in [0.15, 0.2) is 94.1 Å². The SMILES string of the molecule is COc1cc2oc(C(=O)NCC(=O)N3CCN(c4ccccc4CN4CCCC4=O)CC3)cc(=O)c2cc1OC.Cc1ccc2ccccc2c1. The lowest BCUT2D eigenvalue weighted by Gasteiger charge is -2.37. The average Bonchev–Trinajstić information content (AvgIpc) is 3.57. The molecule has 7 rings (SSSR count). The Labute approximate surface area is 296 Å². The summed E-state index contributed by atoms with van der Waals surface area (Å²) in [4.78, 5) is 56.2. The Morgan fingerprint density at radius 3 is 2.24 bits per heavy atom. The molecule has 3 heterocycles. The molecule has 0 spiro atoms. The molecular formula is C40H42N4O7. The minimum atomic E-state index is -0.661. The summed E-state index contributed by atoms with van der Waals surface area (Å²) in [7, 11) is 2.92. The van der Waals surface area contributed by atoms with E-state index in [1.165, 1.54) is 42.7 Å². The molecule has 2 aliphatic heterocycles. The first kappa shape index (κ1) is 35.0. The number of hydrogen-bond acceptors (Lipinski definition) is 8. The van der Waals surface area contributed by atoms with Crippen LogP contribution in [-0.2, 0) is 16.1 Å². The number of aryl methyl sites for hydroxylation is 1. The molecule has 2 aliphatic rings. The first-order valence-corrected chi connectivity index (χ1v) is 17.1. The van der Waals surface area contributed by atoms with E-state index in [4.69, 9.17) is 13.9 Å². The summed E-state index contributed by atoms with van der Waals surface area (Å²) in [5.41, 5.74) is 3.25. The Morgan fingerprint density at radius 1 is 0.804 bits per heavy atom. The predicted molar refractivity (Wildman–Crippen MR) is 196 cm³/mol. The highest BCUT2D eigenvalue weighted by molar-refractivity contribution is 5.95. The smallest absolute Gasteiger partial charge is 0.287 e. The predicted octanol–water partition coefficient (Wildman–Crippen LogP) is 5.16. The molecule has 2 fully saturated rings. The van der Waals surface area contributed by atoms with Crippen LogP contribution < -0.4 is 25.1 Å². The van der Waals surface area contributed by atoms with Crippen molar-refractivity contribution in [3.63, 3.8) is 0 Å². The van der Waals surface area contributed by atoms with Crippen LogP contribution in [0.25, 0.3) is 21.7 Å². The number of rotatable bonds is 8. The van der Waals surface area contributed by atoms with Gasteiger partial charge in [-0.15, -0.1) is 0 Å². The number of nitrogens with zero attached hydrogens (tertiary/aromatic N) is 3. The van der Waals surface area contributed by atoms with Crippen molar-refractivity contribution >= 4 is 45.2 Å². The molecule has 0 atom stereocenters. The Balaban J connectivity index is 0.000000344. The van der Waals surface area contributed by atoms with Crippen molar-refractivity contribution in [2.45, 2.75) is 26.3 Å². The molecule has 4 aromatic carbocycles. The summed E-state index contributed by atoms with van der Waals surface area (Å²) in [6.07, 6.45) is 1.51. The van der Waals surface area contributed by atoms with E-state index in [1.807, 2.05) is 23.1 Å². The topological polar surface area (TPSA) is 122 Å². The minimum Gasteiger partial charge on any atom is -0.493 e. The summed E-state index contributed by atoms with van der Waals surface area (Å²) in [5, 5.41) is 5.46. The number of piperazine rings is 1. The maximum absolute atomic E-state index is 12.9. The summed E-state index contributed by atoms with van der Waals surface area (Å²) in [6.45, 7) is 5.53. The van der Waals surface area contributed by atoms with Gasteiger partial charge in [-0.25, -0.2) is 0 Å². The van der Waals surface area contributed by atoms with E-state index in [0.717, 1.165) is 30.3 Å². The molecule has 0 bridgehead atoms. The molecule has 3 amide bonds. The number of fused-ring (bicyclic) bond motifs is 2. The summed E-state index contributed by atoms with van der Waals surface area (Å²) in [6, 6.07) is 27.1. The van der Waals surface area contributed by atoms with Gasteiger partial charge in [-0.3, -0.25) is 19.2 Å². The highest BCUT2D eigenvalue weighted by Gasteiger charge is 2.26. The maximum Gasteiger partial charge on any atom is 0.287 e. The molecule has 11 nitrogen and oxygen atoms in total. The van der Waals surface area contributed by atoms with Crippen molar-refractivity contribution < 1.29 is 28.3 Å². The molecule has 11 heteroatoms. The molecule has 0 radical (unpaired) electrons. The molecule has 1 aromatic heterocycles. The van der Waals surface area contributed by atoms with Gasteiger partial charge in [0, 0.05) is 63.5 Å². The van der Waals surface area contributed by atoms with Gasteiger partial charge in [0.2, 0.25) is 11.8 Å². The van der Waals surface area contributed by atoms with Crippen molar-refractivity contribution in [3.8, 4) is 11.5 Å². The second-order valence-corrected chi connectivity index (χ2v) is 12.6. The number of carbonyl (C=O) groups excluding carboxylic acids is 3. The number of benzene rings is 4. The lowest BCUT2D eigenvalue weighted by molar-refractivity contribution is -0.130. The third-order valence-electron chi connectivity index (χ3n) is 9.26. The average molecular weight is 691 g/mol. The third-order valence-corrected chi connectivity index (χ3v) is 9.26. The molecule has 0 saturated carbocycles. The van der Waals surface area contributed by atoms with Crippen molar-refractivity contribution in [1.82, 2.24) is 15.1 Å². The van der Waals surface area contributed by atoms with Gasteiger partial charge in [0.1, 0.15) is 5.58 Å². The normalized spacial score (nSPS) is 14.3. The first-order valence-electron chi connectivity index (χ1n) is 17.1. The molecule has 2 saturated heterocycles. The van der Waals surface area contributed by atoms with Crippen molar-refractivity contribution in [1.29, 1.82) is 0 Å². The number of hydrogen-bond donors (Lipinski definition) is 1. The van der Waals surface area contributed by atoms with Crippen LogP contribution in [0.1, 0.15) is 34.5 Å². The van der Waals surface area contributed by atoms with Gasteiger partial charge in [-0.2, -0.15) is 0 Å². The standard InChI is InChI=1S/C29H32N4O7.C11H10/c1-38-24-14-20-22(34)15-26(40-23(20)16-25(24)39-2)29(37)30-17-28(36)32-12-10-31(11-13-32)21-7-4-3-6-19(21)18-33-9-5-8-27(33)35;1-9-6-7-10-4-2-3-5-11(10)8-9/h3-4,6-7,14-16H,5,8-13,17-18H2,1-2H3,(H,30,37);2-8H,1H3. The molecular weight excluding hydrogens is 648 g/mol. The van der Waals surface area contributed by atoms with Crippen molar-refractivity contribution in [2.24, 2.45) is 0 Å². The maximum atomic E-state index is 12.9. The Hall–Kier alpha value is -5.84. The van der Waals surface area contributed by atoms with Crippen LogP contribution in [-0.4, -0.2) is 81.0 Å². The van der Waals surface area contributed by atoms with E-state index in [2.05, 4.69) is 65.7 Å². The van der Waals surface area contributed by atoms with Gasteiger partial charge in [0.25, 0.3) is 5.91 Å². The Bertz CT molecular complexity index is 2120. The highest BCUT2D eigenvalue weighted by Crippen LogP contribution is 2.31. The zero-order chi connectivity index (χ0) is 35.9. The van der Waals surface area contributed by atoms with Crippen LogP contribution in [0.2, 0.25) is 0 Å². The van der Waals surface area contributed by atoms with Crippen LogP contribution in [0.4, 0.5) is 5.69 Å². The van der Waals surface area contributed by atoms with Gasteiger partial charge in [0.05, 0.1) is 26.2 Å². The van der Waals surface area contributed by atoms with Crippen LogP contribution >= 0.6 is 0 Å². The third kappa shape index (κ3) is 8.15. The van der Waals surface area contributed by atoms with E-state index in [-0.39, 0.29) is 35.1 Å². The Morgan fingerprint density at radius 2 is 1.51 bits per heavy atom. The van der Waals surface area contributed by atoms with Gasteiger partial charge in [0.15, 0.2) is 22.7 Å². The van der Waals surface area contributed by atoms with Crippen LogP contribution in [0.3, 0.4) is 0 Å². The van der Waals surface area contributed by atoms with Crippen molar-refractivity contribution in [3.05, 3.63) is 112 Å².